The molecule has 0 aliphatic carbocycles. The molecule has 0 aliphatic rings. The summed E-state index contributed by atoms with van der Waals surface area (Å²) in [6.07, 6.45) is 1.98. The van der Waals surface area contributed by atoms with Crippen LogP contribution in [0.25, 0.3) is 0 Å². The van der Waals surface area contributed by atoms with Gasteiger partial charge in [0.1, 0.15) is 12.1 Å². The molecule has 0 bridgehead atoms. The lowest BCUT2D eigenvalue weighted by molar-refractivity contribution is -0.142. The second kappa shape index (κ2) is 7.65. The van der Waals surface area contributed by atoms with Crippen molar-refractivity contribution < 1.29 is 19.5 Å². The number of unbranched alkanes of at least 4 members (excludes halogenated alkanes) is 1. The molecule has 0 aliphatic heterocycles. The van der Waals surface area contributed by atoms with Crippen LogP contribution in [0.5, 0.6) is 0 Å². The van der Waals surface area contributed by atoms with Gasteiger partial charge in [-0.05, 0) is 13.3 Å². The van der Waals surface area contributed by atoms with Gasteiger partial charge in [-0.1, -0.05) is 19.8 Å². The van der Waals surface area contributed by atoms with Gasteiger partial charge in [0, 0.05) is 6.92 Å². The van der Waals surface area contributed by atoms with Crippen LogP contribution in [0.3, 0.4) is 0 Å². The number of carbonyl (C=O) groups excluding carboxylic acids is 2. The van der Waals surface area contributed by atoms with E-state index in [-0.39, 0.29) is 5.91 Å². The Balaban J connectivity index is 4.29. The molecule has 0 saturated heterocycles. The predicted molar refractivity (Wildman–Crippen MR) is 62.4 cm³/mol. The molecule has 0 heterocycles. The number of carbonyl (C=O) groups is 3. The highest BCUT2D eigenvalue weighted by Crippen LogP contribution is 2.01. The molecule has 0 aromatic rings. The Morgan fingerprint density at radius 3 is 2.24 bits per heavy atom. The molecular formula is C11H20N2O4. The molecule has 0 rings (SSSR count). The highest BCUT2D eigenvalue weighted by atomic mass is 16.4. The first-order valence-corrected chi connectivity index (χ1v) is 5.68. The maximum absolute atomic E-state index is 11.6. The average Bonchev–Trinajstić information content (AvgIpc) is 2.22. The minimum absolute atomic E-state index is 0.326. The molecule has 0 spiro atoms. The van der Waals surface area contributed by atoms with E-state index in [0.717, 1.165) is 12.8 Å². The molecule has 0 aromatic carbocycles. The number of carboxylic acid groups (broad SMARTS) is 1. The van der Waals surface area contributed by atoms with Crippen molar-refractivity contribution in [3.05, 3.63) is 0 Å². The number of hydrogen-bond donors (Lipinski definition) is 3. The first kappa shape index (κ1) is 15.4. The molecule has 0 unspecified atom stereocenters. The van der Waals surface area contributed by atoms with Gasteiger partial charge in [-0.3, -0.25) is 9.59 Å². The molecule has 98 valence electrons. The van der Waals surface area contributed by atoms with E-state index in [1.54, 1.807) is 0 Å². The van der Waals surface area contributed by atoms with Gasteiger partial charge in [-0.25, -0.2) is 4.79 Å². The zero-order chi connectivity index (χ0) is 13.4. The third-order valence-electron chi connectivity index (χ3n) is 2.27. The zero-order valence-electron chi connectivity index (χ0n) is 10.4. The lowest BCUT2D eigenvalue weighted by Crippen LogP contribution is -2.49. The maximum Gasteiger partial charge on any atom is 0.326 e. The van der Waals surface area contributed by atoms with Crippen LogP contribution in [0.1, 0.15) is 40.0 Å². The number of nitrogens with one attached hydrogen (secondary N) is 2. The van der Waals surface area contributed by atoms with Crippen molar-refractivity contribution in [2.75, 3.05) is 0 Å². The Morgan fingerprint density at radius 2 is 1.82 bits per heavy atom. The smallest absolute Gasteiger partial charge is 0.326 e. The van der Waals surface area contributed by atoms with Crippen molar-refractivity contribution >= 4 is 17.8 Å². The molecule has 3 N–H and O–H groups in total. The number of aliphatic carboxylic acids is 1. The molecule has 6 nitrogen and oxygen atoms in total. The van der Waals surface area contributed by atoms with E-state index in [2.05, 4.69) is 10.6 Å². The monoisotopic (exact) mass is 244 g/mol. The SMILES string of the molecule is CCCC[C@@H](NC(=O)[C@H](C)NC(C)=O)C(=O)O. The predicted octanol–water partition coefficient (Wildman–Crippen LogP) is 0.271. The van der Waals surface area contributed by atoms with Crippen LogP contribution >= 0.6 is 0 Å². The standard InChI is InChI=1S/C11H20N2O4/c1-4-5-6-9(11(16)17)13-10(15)7(2)12-8(3)14/h7,9H,4-6H2,1-3H3,(H,12,14)(H,13,15)(H,16,17)/t7-,9+/m0/s1. The lowest BCUT2D eigenvalue weighted by atomic mass is 10.1. The van der Waals surface area contributed by atoms with Gasteiger partial charge in [0.05, 0.1) is 0 Å². The van der Waals surface area contributed by atoms with Crippen molar-refractivity contribution in [3.63, 3.8) is 0 Å². The number of hydrogen-bond acceptors (Lipinski definition) is 3. The summed E-state index contributed by atoms with van der Waals surface area (Å²) >= 11 is 0. The number of amides is 2. The normalized spacial score (nSPS) is 13.6. The summed E-state index contributed by atoms with van der Waals surface area (Å²) in [6.45, 7) is 4.76. The molecule has 0 saturated carbocycles. The molecule has 0 aromatic heterocycles. The Kier molecular flexibility index (Phi) is 6.93. The van der Waals surface area contributed by atoms with Crippen molar-refractivity contribution in [1.29, 1.82) is 0 Å². The third-order valence-corrected chi connectivity index (χ3v) is 2.27. The van der Waals surface area contributed by atoms with Crippen molar-refractivity contribution in [1.82, 2.24) is 10.6 Å². The van der Waals surface area contributed by atoms with E-state index in [1.165, 1.54) is 13.8 Å². The summed E-state index contributed by atoms with van der Waals surface area (Å²) < 4.78 is 0. The van der Waals surface area contributed by atoms with Gasteiger partial charge >= 0.3 is 5.97 Å². The summed E-state index contributed by atoms with van der Waals surface area (Å²) in [4.78, 5) is 33.2. The number of rotatable bonds is 7. The molecule has 0 radical (unpaired) electrons. The quantitative estimate of drug-likeness (QED) is 0.599. The zero-order valence-corrected chi connectivity index (χ0v) is 10.4. The van der Waals surface area contributed by atoms with Crippen molar-refractivity contribution in [2.45, 2.75) is 52.1 Å². The van der Waals surface area contributed by atoms with Gasteiger partial charge in [-0.2, -0.15) is 0 Å². The van der Waals surface area contributed by atoms with Crippen LogP contribution in [0.15, 0.2) is 0 Å². The first-order valence-electron chi connectivity index (χ1n) is 5.68. The van der Waals surface area contributed by atoms with Gasteiger partial charge in [0.25, 0.3) is 0 Å². The number of carboxylic acids is 1. The minimum atomic E-state index is -1.05. The second-order valence-electron chi connectivity index (χ2n) is 3.96. The molecule has 2 atom stereocenters. The van der Waals surface area contributed by atoms with E-state index in [1.807, 2.05) is 6.92 Å². The van der Waals surface area contributed by atoms with E-state index >= 15 is 0 Å². The van der Waals surface area contributed by atoms with Crippen molar-refractivity contribution in [2.24, 2.45) is 0 Å². The lowest BCUT2D eigenvalue weighted by Gasteiger charge is -2.17. The summed E-state index contributed by atoms with van der Waals surface area (Å²) in [6, 6.07) is -1.62. The maximum atomic E-state index is 11.6. The van der Waals surface area contributed by atoms with Crippen LogP contribution in [-0.2, 0) is 14.4 Å². The molecule has 2 amide bonds. The summed E-state index contributed by atoms with van der Waals surface area (Å²) in [5, 5.41) is 13.7. The molecule has 6 heteroatoms. The highest BCUT2D eigenvalue weighted by molar-refractivity contribution is 5.89. The van der Waals surface area contributed by atoms with E-state index < -0.39 is 24.0 Å². The summed E-state index contributed by atoms with van der Waals surface area (Å²) in [5.74, 6) is -1.86. The van der Waals surface area contributed by atoms with Gasteiger partial charge < -0.3 is 15.7 Å². The fourth-order valence-corrected chi connectivity index (χ4v) is 1.33. The highest BCUT2D eigenvalue weighted by Gasteiger charge is 2.22. The van der Waals surface area contributed by atoms with Crippen LogP contribution in [0.2, 0.25) is 0 Å². The fraction of sp³-hybridized carbons (Fsp3) is 0.727. The third kappa shape index (κ3) is 6.55. The van der Waals surface area contributed by atoms with Crippen LogP contribution in [0.4, 0.5) is 0 Å². The van der Waals surface area contributed by atoms with E-state index in [4.69, 9.17) is 5.11 Å². The Bertz CT molecular complexity index is 291. The van der Waals surface area contributed by atoms with Gasteiger partial charge in [0.15, 0.2) is 0 Å². The van der Waals surface area contributed by atoms with Crippen LogP contribution in [-0.4, -0.2) is 35.0 Å². The van der Waals surface area contributed by atoms with Gasteiger partial charge in [-0.15, -0.1) is 0 Å². The van der Waals surface area contributed by atoms with E-state index in [9.17, 15) is 14.4 Å². The average molecular weight is 244 g/mol. The van der Waals surface area contributed by atoms with Gasteiger partial charge in [0.2, 0.25) is 11.8 Å². The summed E-state index contributed by atoms with van der Waals surface area (Å²) in [7, 11) is 0. The Hall–Kier alpha value is -1.59. The Labute approximate surface area is 101 Å². The minimum Gasteiger partial charge on any atom is -0.480 e. The largest absolute Gasteiger partial charge is 0.480 e. The molecule has 17 heavy (non-hydrogen) atoms. The topological polar surface area (TPSA) is 95.5 Å². The van der Waals surface area contributed by atoms with Crippen LogP contribution in [0, 0.1) is 0 Å². The van der Waals surface area contributed by atoms with E-state index in [0.29, 0.717) is 6.42 Å². The fourth-order valence-electron chi connectivity index (χ4n) is 1.33. The molecular weight excluding hydrogens is 224 g/mol. The first-order chi connectivity index (χ1) is 7.88. The molecule has 0 fully saturated rings. The summed E-state index contributed by atoms with van der Waals surface area (Å²) in [5.41, 5.74) is 0. The van der Waals surface area contributed by atoms with Crippen molar-refractivity contribution in [3.8, 4) is 0 Å². The van der Waals surface area contributed by atoms with Crippen LogP contribution < -0.4 is 10.6 Å². The second-order valence-corrected chi connectivity index (χ2v) is 3.96. The Morgan fingerprint density at radius 1 is 1.24 bits per heavy atom.